The molecule has 96 valence electrons. The third-order valence-corrected chi connectivity index (χ3v) is 3.83. The Bertz CT molecular complexity index is 503. The second kappa shape index (κ2) is 5.23. The first-order chi connectivity index (χ1) is 8.48. The number of nitrogens with zero attached hydrogens (tertiary/aromatic N) is 1. The van der Waals surface area contributed by atoms with Crippen molar-refractivity contribution >= 4 is 11.3 Å². The predicted molar refractivity (Wildman–Crippen MR) is 80.1 cm³/mol. The molecule has 0 aliphatic carbocycles. The molecule has 2 aromatic rings. The molecule has 0 radical (unpaired) electrons. The molecular formula is C16H21NS. The summed E-state index contributed by atoms with van der Waals surface area (Å²) in [4.78, 5) is 4.62. The van der Waals surface area contributed by atoms with Gasteiger partial charge in [-0.15, -0.1) is 11.3 Å². The Kier molecular flexibility index (Phi) is 3.86. The molecule has 0 unspecified atom stereocenters. The fourth-order valence-electron chi connectivity index (χ4n) is 2.01. The van der Waals surface area contributed by atoms with Gasteiger partial charge in [-0.25, -0.2) is 4.98 Å². The van der Waals surface area contributed by atoms with Gasteiger partial charge in [0.2, 0.25) is 0 Å². The number of hydrogen-bond donors (Lipinski definition) is 0. The summed E-state index contributed by atoms with van der Waals surface area (Å²) < 4.78 is 0. The van der Waals surface area contributed by atoms with E-state index in [-0.39, 0.29) is 0 Å². The topological polar surface area (TPSA) is 12.9 Å². The van der Waals surface area contributed by atoms with Gasteiger partial charge in [0.05, 0.1) is 10.7 Å². The lowest BCUT2D eigenvalue weighted by Crippen LogP contribution is -2.08. The maximum absolute atomic E-state index is 4.62. The van der Waals surface area contributed by atoms with Gasteiger partial charge in [0, 0.05) is 10.9 Å². The molecule has 0 fully saturated rings. The number of thiazole rings is 1. The van der Waals surface area contributed by atoms with Gasteiger partial charge in [-0.05, 0) is 23.8 Å². The van der Waals surface area contributed by atoms with Crippen molar-refractivity contribution in [3.63, 3.8) is 0 Å². The average molecular weight is 259 g/mol. The van der Waals surface area contributed by atoms with E-state index in [0.29, 0.717) is 5.41 Å². The van der Waals surface area contributed by atoms with E-state index in [9.17, 15) is 0 Å². The molecule has 0 spiro atoms. The highest BCUT2D eigenvalue weighted by molar-refractivity contribution is 7.09. The summed E-state index contributed by atoms with van der Waals surface area (Å²) in [6.07, 6.45) is 2.14. The summed E-state index contributed by atoms with van der Waals surface area (Å²) in [6.45, 7) is 8.97. The maximum Gasteiger partial charge on any atom is 0.0929 e. The predicted octanol–water partition coefficient (Wildman–Crippen LogP) is 4.96. The van der Waals surface area contributed by atoms with E-state index in [0.717, 1.165) is 18.5 Å². The van der Waals surface area contributed by atoms with E-state index in [1.165, 1.54) is 16.1 Å². The number of aromatic nitrogens is 1. The summed E-state index contributed by atoms with van der Waals surface area (Å²) in [7, 11) is 0. The molecule has 1 heterocycles. The normalized spacial score (nSPS) is 11.8. The number of hydrogen-bond acceptors (Lipinski definition) is 2. The first-order valence-electron chi connectivity index (χ1n) is 6.51. The van der Waals surface area contributed by atoms with Crippen LogP contribution in [0.15, 0.2) is 29.6 Å². The van der Waals surface area contributed by atoms with Crippen LogP contribution in [0.25, 0.3) is 11.3 Å². The lowest BCUT2D eigenvalue weighted by atomic mass is 9.88. The Morgan fingerprint density at radius 3 is 2.28 bits per heavy atom. The molecule has 0 aliphatic heterocycles. The molecule has 18 heavy (non-hydrogen) atoms. The van der Waals surface area contributed by atoms with Crippen LogP contribution >= 0.6 is 11.3 Å². The molecule has 0 saturated carbocycles. The SMILES string of the molecule is CCc1nc(-c2ccc(CC(C)(C)C)cc2)cs1. The first kappa shape index (κ1) is 13.3. The Balaban J connectivity index is 2.17. The number of aryl methyl sites for hydroxylation is 1. The zero-order valence-corrected chi connectivity index (χ0v) is 12.5. The monoisotopic (exact) mass is 259 g/mol. The third kappa shape index (κ3) is 3.42. The lowest BCUT2D eigenvalue weighted by Gasteiger charge is -2.18. The van der Waals surface area contributed by atoms with Crippen LogP contribution in [0.3, 0.4) is 0 Å². The summed E-state index contributed by atoms with van der Waals surface area (Å²) in [5.74, 6) is 0. The minimum atomic E-state index is 0.345. The van der Waals surface area contributed by atoms with Gasteiger partial charge in [-0.2, -0.15) is 0 Å². The average Bonchev–Trinajstić information content (AvgIpc) is 2.76. The number of benzene rings is 1. The van der Waals surface area contributed by atoms with Gasteiger partial charge in [0.15, 0.2) is 0 Å². The molecular weight excluding hydrogens is 238 g/mol. The number of rotatable bonds is 3. The van der Waals surface area contributed by atoms with Gasteiger partial charge >= 0.3 is 0 Å². The zero-order valence-electron chi connectivity index (χ0n) is 11.7. The highest BCUT2D eigenvalue weighted by Gasteiger charge is 2.11. The van der Waals surface area contributed by atoms with Crippen molar-refractivity contribution < 1.29 is 0 Å². The molecule has 0 aliphatic rings. The van der Waals surface area contributed by atoms with E-state index in [2.05, 4.69) is 62.3 Å². The van der Waals surface area contributed by atoms with Crippen LogP contribution in [-0.4, -0.2) is 4.98 Å². The highest BCUT2D eigenvalue weighted by atomic mass is 32.1. The van der Waals surface area contributed by atoms with Crippen LogP contribution in [0.1, 0.15) is 38.3 Å². The van der Waals surface area contributed by atoms with Gasteiger partial charge in [0.25, 0.3) is 0 Å². The second-order valence-corrected chi connectivity index (χ2v) is 6.86. The highest BCUT2D eigenvalue weighted by Crippen LogP contribution is 2.25. The lowest BCUT2D eigenvalue weighted by molar-refractivity contribution is 0.411. The Morgan fingerprint density at radius 2 is 1.78 bits per heavy atom. The summed E-state index contributed by atoms with van der Waals surface area (Å²) >= 11 is 1.75. The van der Waals surface area contributed by atoms with Crippen molar-refractivity contribution in [2.45, 2.75) is 40.5 Å². The van der Waals surface area contributed by atoms with Gasteiger partial charge in [-0.3, -0.25) is 0 Å². The second-order valence-electron chi connectivity index (χ2n) is 5.91. The standard InChI is InChI=1S/C16H21NS/c1-5-15-17-14(11-18-15)13-8-6-12(7-9-13)10-16(2,3)4/h6-9,11H,5,10H2,1-4H3. The van der Waals surface area contributed by atoms with Crippen LogP contribution in [0.4, 0.5) is 0 Å². The van der Waals surface area contributed by atoms with Crippen LogP contribution in [0, 0.1) is 5.41 Å². The van der Waals surface area contributed by atoms with Crippen LogP contribution in [0.2, 0.25) is 0 Å². The molecule has 1 aromatic heterocycles. The van der Waals surface area contributed by atoms with Crippen LogP contribution < -0.4 is 0 Å². The quantitative estimate of drug-likeness (QED) is 0.759. The van der Waals surface area contributed by atoms with E-state index in [4.69, 9.17) is 0 Å². The molecule has 0 N–H and O–H groups in total. The Hall–Kier alpha value is -1.15. The molecule has 2 rings (SSSR count). The van der Waals surface area contributed by atoms with Crippen molar-refractivity contribution in [3.8, 4) is 11.3 Å². The van der Waals surface area contributed by atoms with Crippen molar-refractivity contribution in [2.24, 2.45) is 5.41 Å². The van der Waals surface area contributed by atoms with Crippen molar-refractivity contribution in [1.29, 1.82) is 0 Å². The smallest absolute Gasteiger partial charge is 0.0929 e. The summed E-state index contributed by atoms with van der Waals surface area (Å²) in [6, 6.07) is 8.84. The molecule has 0 saturated heterocycles. The minimum Gasteiger partial charge on any atom is -0.241 e. The van der Waals surface area contributed by atoms with E-state index in [1.807, 2.05) is 0 Å². The van der Waals surface area contributed by atoms with Gasteiger partial charge < -0.3 is 0 Å². The molecule has 1 aromatic carbocycles. The Labute approximate surface area is 114 Å². The van der Waals surface area contributed by atoms with E-state index < -0.39 is 0 Å². The summed E-state index contributed by atoms with van der Waals surface area (Å²) in [5.41, 5.74) is 4.08. The molecule has 2 heteroatoms. The molecule has 0 amide bonds. The molecule has 0 bridgehead atoms. The third-order valence-electron chi connectivity index (χ3n) is 2.84. The largest absolute Gasteiger partial charge is 0.241 e. The minimum absolute atomic E-state index is 0.345. The van der Waals surface area contributed by atoms with Crippen molar-refractivity contribution in [1.82, 2.24) is 4.98 Å². The Morgan fingerprint density at radius 1 is 1.11 bits per heavy atom. The molecule has 0 atom stereocenters. The summed E-state index contributed by atoms with van der Waals surface area (Å²) in [5, 5.41) is 3.36. The van der Waals surface area contributed by atoms with E-state index in [1.54, 1.807) is 11.3 Å². The molecule has 1 nitrogen and oxygen atoms in total. The van der Waals surface area contributed by atoms with Crippen LogP contribution in [0.5, 0.6) is 0 Å². The fourth-order valence-corrected chi connectivity index (χ4v) is 2.77. The maximum atomic E-state index is 4.62. The zero-order chi connectivity index (χ0) is 13.2. The van der Waals surface area contributed by atoms with Crippen molar-refractivity contribution in [3.05, 3.63) is 40.2 Å². The van der Waals surface area contributed by atoms with Gasteiger partial charge in [-0.1, -0.05) is 52.0 Å². The first-order valence-corrected chi connectivity index (χ1v) is 7.39. The van der Waals surface area contributed by atoms with E-state index >= 15 is 0 Å². The van der Waals surface area contributed by atoms with Crippen LogP contribution in [-0.2, 0) is 12.8 Å². The fraction of sp³-hybridized carbons (Fsp3) is 0.438. The van der Waals surface area contributed by atoms with Crippen molar-refractivity contribution in [2.75, 3.05) is 0 Å². The van der Waals surface area contributed by atoms with Gasteiger partial charge in [0.1, 0.15) is 0 Å².